The van der Waals surface area contributed by atoms with Crippen molar-refractivity contribution in [2.24, 2.45) is 0 Å². The zero-order valence-corrected chi connectivity index (χ0v) is 16.1. The van der Waals surface area contributed by atoms with E-state index in [0.717, 1.165) is 23.2 Å². The van der Waals surface area contributed by atoms with Gasteiger partial charge < -0.3 is 0 Å². The average molecular weight is 382 g/mol. The van der Waals surface area contributed by atoms with Gasteiger partial charge in [-0.25, -0.2) is 8.42 Å². The number of aromatic nitrogens is 2. The Kier molecular flexibility index (Phi) is 4.90. The number of rotatable bonds is 4. The Morgan fingerprint density at radius 3 is 2.56 bits per heavy atom. The van der Waals surface area contributed by atoms with Crippen molar-refractivity contribution < 1.29 is 8.42 Å². The molecule has 0 bridgehead atoms. The van der Waals surface area contributed by atoms with E-state index >= 15 is 0 Å². The number of piperazine rings is 1. The molecule has 0 unspecified atom stereocenters. The maximum absolute atomic E-state index is 13.2. The Morgan fingerprint density at radius 1 is 1.00 bits per heavy atom. The Labute approximate surface area is 159 Å². The highest BCUT2D eigenvalue weighted by atomic mass is 32.2. The molecule has 1 aliphatic rings. The molecule has 27 heavy (non-hydrogen) atoms. The van der Waals surface area contributed by atoms with Gasteiger partial charge in [0.05, 0.1) is 11.2 Å². The fraction of sp³-hybridized carbons (Fsp3) is 0.300. The Hall–Kier alpha value is -2.35. The molecule has 3 heterocycles. The highest BCUT2D eigenvalue weighted by Gasteiger charge is 2.30. The minimum Gasteiger partial charge on any atom is -0.295 e. The van der Waals surface area contributed by atoms with Gasteiger partial charge in [-0.2, -0.15) is 4.31 Å². The van der Waals surface area contributed by atoms with Crippen LogP contribution in [0.1, 0.15) is 11.3 Å². The summed E-state index contributed by atoms with van der Waals surface area (Å²) in [5, 5.41) is 0.852. The first-order chi connectivity index (χ1) is 13.0. The van der Waals surface area contributed by atoms with Crippen LogP contribution in [-0.4, -0.2) is 53.8 Å². The maximum Gasteiger partial charge on any atom is 0.245 e. The first kappa shape index (κ1) is 18.0. The molecule has 0 spiro atoms. The van der Waals surface area contributed by atoms with Crippen molar-refractivity contribution in [1.82, 2.24) is 19.2 Å². The first-order valence-electron chi connectivity index (χ1n) is 9.02. The van der Waals surface area contributed by atoms with Crippen molar-refractivity contribution in [3.05, 3.63) is 66.1 Å². The second-order valence-corrected chi connectivity index (χ2v) is 8.75. The number of nitrogens with zero attached hydrogens (tertiary/aromatic N) is 4. The van der Waals surface area contributed by atoms with E-state index in [1.807, 2.05) is 37.3 Å². The lowest BCUT2D eigenvalue weighted by molar-refractivity contribution is 0.180. The van der Waals surface area contributed by atoms with Gasteiger partial charge in [-0.15, -0.1) is 0 Å². The summed E-state index contributed by atoms with van der Waals surface area (Å²) < 4.78 is 28.0. The van der Waals surface area contributed by atoms with Crippen LogP contribution >= 0.6 is 0 Å². The van der Waals surface area contributed by atoms with Crippen molar-refractivity contribution in [3.8, 4) is 0 Å². The lowest BCUT2D eigenvalue weighted by Gasteiger charge is -2.33. The Morgan fingerprint density at radius 2 is 1.81 bits per heavy atom. The summed E-state index contributed by atoms with van der Waals surface area (Å²) in [5.41, 5.74) is 2.56. The third-order valence-corrected chi connectivity index (χ3v) is 6.80. The topological polar surface area (TPSA) is 66.4 Å². The van der Waals surface area contributed by atoms with Crippen molar-refractivity contribution in [2.75, 3.05) is 26.2 Å². The molecule has 4 rings (SSSR count). The maximum atomic E-state index is 13.2. The van der Waals surface area contributed by atoms with Crippen LogP contribution in [-0.2, 0) is 16.6 Å². The lowest BCUT2D eigenvalue weighted by atomic mass is 10.2. The average Bonchev–Trinajstić information content (AvgIpc) is 2.68. The molecule has 1 aliphatic heterocycles. The third-order valence-electron chi connectivity index (χ3n) is 4.87. The number of para-hydroxylation sites is 1. The zero-order valence-electron chi connectivity index (χ0n) is 15.2. The molecule has 140 valence electrons. The van der Waals surface area contributed by atoms with E-state index in [9.17, 15) is 8.42 Å². The molecule has 1 saturated heterocycles. The lowest BCUT2D eigenvalue weighted by Crippen LogP contribution is -2.48. The molecular formula is C20H22N4O2S. The molecule has 0 atom stereocenters. The number of hydrogen-bond donors (Lipinski definition) is 0. The van der Waals surface area contributed by atoms with Crippen LogP contribution < -0.4 is 0 Å². The van der Waals surface area contributed by atoms with Crippen LogP contribution in [0.4, 0.5) is 0 Å². The first-order valence-corrected chi connectivity index (χ1v) is 10.5. The molecule has 0 radical (unpaired) electrons. The number of benzene rings is 1. The van der Waals surface area contributed by atoms with E-state index < -0.39 is 10.0 Å². The number of fused-ring (bicyclic) bond motifs is 1. The van der Waals surface area contributed by atoms with Crippen LogP contribution in [0.25, 0.3) is 10.9 Å². The van der Waals surface area contributed by atoms with Gasteiger partial charge in [0.15, 0.2) is 0 Å². The van der Waals surface area contributed by atoms with Crippen molar-refractivity contribution in [1.29, 1.82) is 0 Å². The van der Waals surface area contributed by atoms with Crippen molar-refractivity contribution in [3.63, 3.8) is 0 Å². The van der Waals surface area contributed by atoms with E-state index in [2.05, 4.69) is 14.9 Å². The Bertz CT molecular complexity index is 1050. The minimum atomic E-state index is -3.57. The van der Waals surface area contributed by atoms with Gasteiger partial charge in [-0.1, -0.05) is 18.2 Å². The molecule has 1 fully saturated rings. The van der Waals surface area contributed by atoms with Gasteiger partial charge in [0.2, 0.25) is 10.0 Å². The van der Waals surface area contributed by atoms with Crippen LogP contribution in [0.3, 0.4) is 0 Å². The second kappa shape index (κ2) is 7.34. The fourth-order valence-electron chi connectivity index (χ4n) is 3.44. The summed E-state index contributed by atoms with van der Waals surface area (Å²) in [6, 6.07) is 13.2. The molecule has 7 heteroatoms. The highest BCUT2D eigenvalue weighted by molar-refractivity contribution is 7.89. The summed E-state index contributed by atoms with van der Waals surface area (Å²) in [5.74, 6) is 0. The molecule has 1 aromatic carbocycles. The molecule has 6 nitrogen and oxygen atoms in total. The number of hydrogen-bond acceptors (Lipinski definition) is 5. The smallest absolute Gasteiger partial charge is 0.245 e. The molecule has 0 saturated carbocycles. The van der Waals surface area contributed by atoms with Crippen LogP contribution in [0, 0.1) is 6.92 Å². The molecule has 3 aromatic rings. The standard InChI is InChI=1S/C20H22N4O2S/c1-16-13-17-5-4-7-19(20(17)22-14-16)27(25,26)24-11-9-23(10-12-24)15-18-6-2-3-8-21-18/h2-8,13-14H,9-12,15H2,1H3. The van der Waals surface area contributed by atoms with Crippen molar-refractivity contribution >= 4 is 20.9 Å². The molecule has 0 amide bonds. The summed E-state index contributed by atoms with van der Waals surface area (Å²) in [4.78, 5) is 11.3. The number of pyridine rings is 2. The number of aryl methyl sites for hydroxylation is 1. The van der Waals surface area contributed by atoms with Gasteiger partial charge in [0, 0.05) is 50.5 Å². The SMILES string of the molecule is Cc1cnc2c(S(=O)(=O)N3CCN(Cc4ccccn4)CC3)cccc2c1. The fourth-order valence-corrected chi connectivity index (χ4v) is 5.03. The van der Waals surface area contributed by atoms with Gasteiger partial charge >= 0.3 is 0 Å². The largest absolute Gasteiger partial charge is 0.295 e. The molecule has 0 N–H and O–H groups in total. The minimum absolute atomic E-state index is 0.290. The van der Waals surface area contributed by atoms with E-state index in [0.29, 0.717) is 31.7 Å². The second-order valence-electron chi connectivity index (χ2n) is 6.84. The van der Waals surface area contributed by atoms with Gasteiger partial charge in [0.25, 0.3) is 0 Å². The predicted octanol–water partition coefficient (Wildman–Crippen LogP) is 2.44. The van der Waals surface area contributed by atoms with E-state index in [1.165, 1.54) is 0 Å². The van der Waals surface area contributed by atoms with E-state index in [1.54, 1.807) is 28.8 Å². The normalized spacial score (nSPS) is 16.6. The summed E-state index contributed by atoms with van der Waals surface area (Å²) in [7, 11) is -3.57. The van der Waals surface area contributed by atoms with Gasteiger partial charge in [0.1, 0.15) is 4.90 Å². The molecular weight excluding hydrogens is 360 g/mol. The van der Waals surface area contributed by atoms with E-state index in [4.69, 9.17) is 0 Å². The quantitative estimate of drug-likeness (QED) is 0.693. The van der Waals surface area contributed by atoms with Crippen LogP contribution in [0.5, 0.6) is 0 Å². The summed E-state index contributed by atoms with van der Waals surface area (Å²) >= 11 is 0. The zero-order chi connectivity index (χ0) is 18.9. The van der Waals surface area contributed by atoms with Gasteiger partial charge in [-0.3, -0.25) is 14.9 Å². The van der Waals surface area contributed by atoms with E-state index in [-0.39, 0.29) is 4.90 Å². The van der Waals surface area contributed by atoms with Crippen LogP contribution in [0.15, 0.2) is 59.8 Å². The highest BCUT2D eigenvalue weighted by Crippen LogP contribution is 2.25. The molecule has 2 aromatic heterocycles. The van der Waals surface area contributed by atoms with Crippen LogP contribution in [0.2, 0.25) is 0 Å². The number of sulfonamides is 1. The van der Waals surface area contributed by atoms with Crippen molar-refractivity contribution in [2.45, 2.75) is 18.4 Å². The molecule has 0 aliphatic carbocycles. The summed E-state index contributed by atoms with van der Waals surface area (Å²) in [6.07, 6.45) is 3.50. The van der Waals surface area contributed by atoms with Gasteiger partial charge in [-0.05, 0) is 36.8 Å². The monoisotopic (exact) mass is 382 g/mol. The third kappa shape index (κ3) is 3.71. The predicted molar refractivity (Wildman–Crippen MR) is 105 cm³/mol. The summed E-state index contributed by atoms with van der Waals surface area (Å²) in [6.45, 7) is 5.01. The Balaban J connectivity index is 1.52.